The molecule has 6 nitrogen and oxygen atoms in total. The zero-order valence-electron chi connectivity index (χ0n) is 12.7. The van der Waals surface area contributed by atoms with Gasteiger partial charge in [0.2, 0.25) is 11.8 Å². The van der Waals surface area contributed by atoms with Gasteiger partial charge in [0.1, 0.15) is 6.04 Å². The van der Waals surface area contributed by atoms with Crippen LogP contribution in [-0.2, 0) is 19.1 Å². The molecule has 0 bridgehead atoms. The first-order chi connectivity index (χ1) is 9.51. The van der Waals surface area contributed by atoms with Crippen LogP contribution in [0, 0.1) is 0 Å². The van der Waals surface area contributed by atoms with Crippen LogP contribution in [0.15, 0.2) is 0 Å². The van der Waals surface area contributed by atoms with Gasteiger partial charge >= 0.3 is 5.97 Å². The summed E-state index contributed by atoms with van der Waals surface area (Å²) in [6.07, 6.45) is 3.40. The summed E-state index contributed by atoms with van der Waals surface area (Å²) in [4.78, 5) is 34.3. The summed E-state index contributed by atoms with van der Waals surface area (Å²) in [6, 6.07) is -0.682. The number of carbonyl (C=O) groups is 3. The van der Waals surface area contributed by atoms with Crippen molar-refractivity contribution in [1.82, 2.24) is 10.6 Å². The Morgan fingerprint density at radius 2 is 1.85 bits per heavy atom. The van der Waals surface area contributed by atoms with E-state index in [9.17, 15) is 14.4 Å². The molecule has 6 heteroatoms. The van der Waals surface area contributed by atoms with Crippen LogP contribution < -0.4 is 10.6 Å². The zero-order chi connectivity index (χ0) is 15.4. The van der Waals surface area contributed by atoms with Crippen LogP contribution in [0.3, 0.4) is 0 Å². The maximum atomic E-state index is 11.9. The van der Waals surface area contributed by atoms with Crippen LogP contribution in [0.1, 0.15) is 52.9 Å². The van der Waals surface area contributed by atoms with Crippen LogP contribution >= 0.6 is 0 Å². The Kier molecular flexibility index (Phi) is 10.4. The molecule has 0 rings (SSSR count). The average Bonchev–Trinajstić information content (AvgIpc) is 2.39. The third-order valence-corrected chi connectivity index (χ3v) is 2.72. The summed E-state index contributed by atoms with van der Waals surface area (Å²) < 4.78 is 4.81. The highest BCUT2D eigenvalue weighted by Gasteiger charge is 2.20. The van der Waals surface area contributed by atoms with Gasteiger partial charge in [-0.05, 0) is 19.8 Å². The van der Waals surface area contributed by atoms with Gasteiger partial charge in [-0.25, -0.2) is 0 Å². The first-order valence-corrected chi connectivity index (χ1v) is 7.21. The molecule has 0 saturated heterocycles. The van der Waals surface area contributed by atoms with Crippen molar-refractivity contribution in [1.29, 1.82) is 0 Å². The van der Waals surface area contributed by atoms with Crippen molar-refractivity contribution < 1.29 is 19.1 Å². The normalized spacial score (nSPS) is 11.6. The molecular formula is C14H26N2O4. The fourth-order valence-electron chi connectivity index (χ4n) is 1.72. The highest BCUT2D eigenvalue weighted by Crippen LogP contribution is 2.01. The third kappa shape index (κ3) is 9.35. The summed E-state index contributed by atoms with van der Waals surface area (Å²) in [5.74, 6) is -0.898. The van der Waals surface area contributed by atoms with Gasteiger partial charge < -0.3 is 15.4 Å². The van der Waals surface area contributed by atoms with Gasteiger partial charge in [-0.2, -0.15) is 0 Å². The topological polar surface area (TPSA) is 84.5 Å². The third-order valence-electron chi connectivity index (χ3n) is 2.72. The average molecular weight is 286 g/mol. The number of carbonyl (C=O) groups excluding carboxylic acids is 3. The Hall–Kier alpha value is -1.59. The Labute approximate surface area is 120 Å². The lowest BCUT2D eigenvalue weighted by Gasteiger charge is -2.17. The summed E-state index contributed by atoms with van der Waals surface area (Å²) in [7, 11) is 0. The van der Waals surface area contributed by atoms with Crippen LogP contribution in [0.2, 0.25) is 0 Å². The van der Waals surface area contributed by atoms with Gasteiger partial charge in [-0.1, -0.05) is 19.8 Å². The van der Waals surface area contributed by atoms with Gasteiger partial charge in [-0.15, -0.1) is 0 Å². The highest BCUT2D eigenvalue weighted by molar-refractivity contribution is 5.87. The van der Waals surface area contributed by atoms with Crippen molar-refractivity contribution in [3.8, 4) is 0 Å². The van der Waals surface area contributed by atoms with Crippen molar-refractivity contribution in [2.45, 2.75) is 58.9 Å². The standard InChI is InChI=1S/C14H26N2O4/c1-4-6-7-10-15-14(19)12(16-11(3)17)8-9-13(18)20-5-2/h12H,4-10H2,1-3H3,(H,15,19)(H,16,17)/t12-/m0/s1. The van der Waals surface area contributed by atoms with E-state index in [-0.39, 0.29) is 30.6 Å². The molecule has 0 saturated carbocycles. The summed E-state index contributed by atoms with van der Waals surface area (Å²) >= 11 is 0. The van der Waals surface area contributed by atoms with Gasteiger partial charge in [0.25, 0.3) is 0 Å². The first-order valence-electron chi connectivity index (χ1n) is 7.21. The fraction of sp³-hybridized carbons (Fsp3) is 0.786. The zero-order valence-corrected chi connectivity index (χ0v) is 12.7. The lowest BCUT2D eigenvalue weighted by atomic mass is 10.1. The number of hydrogen-bond acceptors (Lipinski definition) is 4. The molecule has 2 N–H and O–H groups in total. The number of rotatable bonds is 10. The molecular weight excluding hydrogens is 260 g/mol. The predicted octanol–water partition coefficient (Wildman–Crippen LogP) is 1.14. The van der Waals surface area contributed by atoms with Crippen LogP contribution in [0.25, 0.3) is 0 Å². The number of esters is 1. The molecule has 0 aliphatic rings. The molecule has 2 amide bonds. The second-order valence-corrected chi connectivity index (χ2v) is 4.59. The molecule has 1 atom stereocenters. The molecule has 0 heterocycles. The van der Waals surface area contributed by atoms with Gasteiger partial charge in [-0.3, -0.25) is 14.4 Å². The highest BCUT2D eigenvalue weighted by atomic mass is 16.5. The molecule has 0 aliphatic carbocycles. The number of unbranched alkanes of at least 4 members (excludes halogenated alkanes) is 2. The Morgan fingerprint density at radius 3 is 2.40 bits per heavy atom. The van der Waals surface area contributed by atoms with E-state index in [1.807, 2.05) is 0 Å². The van der Waals surface area contributed by atoms with E-state index in [4.69, 9.17) is 4.74 Å². The van der Waals surface area contributed by atoms with Crippen LogP contribution in [0.5, 0.6) is 0 Å². The molecule has 0 spiro atoms. The van der Waals surface area contributed by atoms with E-state index in [0.717, 1.165) is 19.3 Å². The predicted molar refractivity (Wildman–Crippen MR) is 76.0 cm³/mol. The van der Waals surface area contributed by atoms with E-state index in [1.165, 1.54) is 6.92 Å². The second-order valence-electron chi connectivity index (χ2n) is 4.59. The molecule has 0 aromatic carbocycles. The van der Waals surface area contributed by atoms with Gasteiger partial charge in [0, 0.05) is 19.9 Å². The quantitative estimate of drug-likeness (QED) is 0.466. The lowest BCUT2D eigenvalue weighted by molar-refractivity contribution is -0.143. The minimum absolute atomic E-state index is 0.112. The van der Waals surface area contributed by atoms with Gasteiger partial charge in [0.05, 0.1) is 6.61 Å². The number of nitrogens with one attached hydrogen (secondary N) is 2. The maximum absolute atomic E-state index is 11.9. The lowest BCUT2D eigenvalue weighted by Crippen LogP contribution is -2.46. The SMILES string of the molecule is CCCCCNC(=O)[C@H](CCC(=O)OCC)NC(C)=O. The molecule has 116 valence electrons. The fourth-order valence-corrected chi connectivity index (χ4v) is 1.72. The number of amides is 2. The van der Waals surface area contributed by atoms with Crippen molar-refractivity contribution in [2.75, 3.05) is 13.2 Å². The van der Waals surface area contributed by atoms with E-state index >= 15 is 0 Å². The van der Waals surface area contributed by atoms with E-state index < -0.39 is 6.04 Å². The molecule has 20 heavy (non-hydrogen) atoms. The number of hydrogen-bond donors (Lipinski definition) is 2. The van der Waals surface area contributed by atoms with Crippen LogP contribution in [-0.4, -0.2) is 37.0 Å². The van der Waals surface area contributed by atoms with Crippen molar-refractivity contribution >= 4 is 17.8 Å². The Balaban J connectivity index is 4.21. The monoisotopic (exact) mass is 286 g/mol. The van der Waals surface area contributed by atoms with E-state index in [0.29, 0.717) is 13.2 Å². The second kappa shape index (κ2) is 11.3. The van der Waals surface area contributed by atoms with E-state index in [1.54, 1.807) is 6.92 Å². The number of ether oxygens (including phenoxy) is 1. The molecule has 0 aromatic heterocycles. The Morgan fingerprint density at radius 1 is 1.15 bits per heavy atom. The largest absolute Gasteiger partial charge is 0.466 e. The molecule has 0 radical (unpaired) electrons. The minimum atomic E-state index is -0.682. The van der Waals surface area contributed by atoms with Crippen molar-refractivity contribution in [3.05, 3.63) is 0 Å². The van der Waals surface area contributed by atoms with E-state index in [2.05, 4.69) is 17.6 Å². The Bertz CT molecular complexity index is 318. The minimum Gasteiger partial charge on any atom is -0.466 e. The summed E-state index contributed by atoms with van der Waals surface area (Å²) in [5.41, 5.74) is 0. The molecule has 0 aromatic rings. The first kappa shape index (κ1) is 18.4. The molecule has 0 aliphatic heterocycles. The maximum Gasteiger partial charge on any atom is 0.305 e. The molecule has 0 fully saturated rings. The summed E-state index contributed by atoms with van der Waals surface area (Å²) in [5, 5.41) is 5.33. The van der Waals surface area contributed by atoms with Gasteiger partial charge in [0.15, 0.2) is 0 Å². The smallest absolute Gasteiger partial charge is 0.305 e. The molecule has 0 unspecified atom stereocenters. The van der Waals surface area contributed by atoms with Crippen molar-refractivity contribution in [2.24, 2.45) is 0 Å². The van der Waals surface area contributed by atoms with Crippen LogP contribution in [0.4, 0.5) is 0 Å². The summed E-state index contributed by atoms with van der Waals surface area (Å²) in [6.45, 7) is 6.06. The van der Waals surface area contributed by atoms with Crippen molar-refractivity contribution in [3.63, 3.8) is 0 Å².